The summed E-state index contributed by atoms with van der Waals surface area (Å²) < 4.78 is 6.52. The molecule has 9 rings (SSSR count). The van der Waals surface area contributed by atoms with Gasteiger partial charge >= 0.3 is 0 Å². The molecule has 52 heavy (non-hydrogen) atoms. The van der Waals surface area contributed by atoms with E-state index in [1.807, 2.05) is 12.1 Å². The van der Waals surface area contributed by atoms with Crippen molar-refractivity contribution in [3.63, 3.8) is 0 Å². The van der Waals surface area contributed by atoms with E-state index in [1.54, 1.807) is 0 Å². The van der Waals surface area contributed by atoms with Gasteiger partial charge in [0.2, 0.25) is 0 Å². The van der Waals surface area contributed by atoms with Gasteiger partial charge in [0.25, 0.3) is 0 Å². The Hall–Kier alpha value is -6.90. The molecule has 2 nitrogen and oxygen atoms in total. The molecule has 0 saturated heterocycles. The van der Waals surface area contributed by atoms with Crippen molar-refractivity contribution in [2.24, 2.45) is 0 Å². The highest BCUT2D eigenvalue weighted by molar-refractivity contribution is 6.02. The molecule has 0 spiro atoms. The average molecular weight is 666 g/mol. The zero-order chi connectivity index (χ0) is 34.7. The lowest BCUT2D eigenvalue weighted by atomic mass is 9.95. The first-order valence-electron chi connectivity index (χ1n) is 17.7. The fourth-order valence-corrected chi connectivity index (χ4v) is 7.17. The number of furan rings is 1. The van der Waals surface area contributed by atoms with Gasteiger partial charge in [-0.1, -0.05) is 170 Å². The van der Waals surface area contributed by atoms with Crippen LogP contribution in [0.3, 0.4) is 0 Å². The number of hydrogen-bond donors (Lipinski definition) is 0. The van der Waals surface area contributed by atoms with Crippen LogP contribution in [-0.4, -0.2) is 0 Å². The summed E-state index contributed by atoms with van der Waals surface area (Å²) in [6.45, 7) is 0. The van der Waals surface area contributed by atoms with Gasteiger partial charge in [-0.3, -0.25) is 0 Å². The second kappa shape index (κ2) is 13.8. The topological polar surface area (TPSA) is 16.4 Å². The second-order valence-corrected chi connectivity index (χ2v) is 12.9. The van der Waals surface area contributed by atoms with E-state index < -0.39 is 0 Å². The Labute approximate surface area is 304 Å². The van der Waals surface area contributed by atoms with Crippen molar-refractivity contribution in [2.75, 3.05) is 4.90 Å². The van der Waals surface area contributed by atoms with Gasteiger partial charge < -0.3 is 9.32 Å². The fourth-order valence-electron chi connectivity index (χ4n) is 7.17. The Morgan fingerprint density at radius 2 is 0.827 bits per heavy atom. The van der Waals surface area contributed by atoms with Crippen molar-refractivity contribution < 1.29 is 4.42 Å². The van der Waals surface area contributed by atoms with Gasteiger partial charge in [0.1, 0.15) is 11.3 Å². The molecule has 1 aromatic heterocycles. The smallest absolute Gasteiger partial charge is 0.143 e. The monoisotopic (exact) mass is 665 g/mol. The van der Waals surface area contributed by atoms with Crippen LogP contribution in [0.15, 0.2) is 217 Å². The highest BCUT2D eigenvalue weighted by atomic mass is 16.3. The Balaban J connectivity index is 1.03. The summed E-state index contributed by atoms with van der Waals surface area (Å²) in [5.41, 5.74) is 14.6. The third-order valence-corrected chi connectivity index (χ3v) is 9.70. The highest BCUT2D eigenvalue weighted by Crippen LogP contribution is 2.43. The van der Waals surface area contributed by atoms with E-state index >= 15 is 0 Å². The molecular formula is C50H35NO. The van der Waals surface area contributed by atoms with Crippen molar-refractivity contribution in [3.8, 4) is 55.8 Å². The molecule has 2 heteroatoms. The van der Waals surface area contributed by atoms with E-state index in [9.17, 15) is 0 Å². The minimum absolute atomic E-state index is 0.891. The van der Waals surface area contributed by atoms with Crippen LogP contribution in [0, 0.1) is 0 Å². The van der Waals surface area contributed by atoms with E-state index in [1.165, 1.54) is 22.3 Å². The molecule has 1 heterocycles. The van der Waals surface area contributed by atoms with E-state index in [0.717, 1.165) is 61.6 Å². The number of fused-ring (bicyclic) bond motifs is 1. The second-order valence-electron chi connectivity index (χ2n) is 12.9. The van der Waals surface area contributed by atoms with Gasteiger partial charge in [0.15, 0.2) is 0 Å². The van der Waals surface area contributed by atoms with E-state index in [-0.39, 0.29) is 0 Å². The number of anilines is 3. The Morgan fingerprint density at radius 3 is 1.54 bits per heavy atom. The summed E-state index contributed by atoms with van der Waals surface area (Å²) in [4.78, 5) is 2.34. The number of para-hydroxylation sites is 3. The van der Waals surface area contributed by atoms with Crippen molar-refractivity contribution in [2.45, 2.75) is 0 Å². The molecule has 0 aliphatic carbocycles. The largest absolute Gasteiger partial charge is 0.455 e. The first-order chi connectivity index (χ1) is 25.8. The molecular weight excluding hydrogens is 631 g/mol. The number of benzene rings is 8. The number of nitrogens with zero attached hydrogens (tertiary/aromatic N) is 1. The summed E-state index contributed by atoms with van der Waals surface area (Å²) in [7, 11) is 0. The van der Waals surface area contributed by atoms with E-state index in [2.05, 4.69) is 205 Å². The van der Waals surface area contributed by atoms with Crippen LogP contribution in [-0.2, 0) is 0 Å². The predicted octanol–water partition coefficient (Wildman–Crippen LogP) is 14.2. The third-order valence-electron chi connectivity index (χ3n) is 9.70. The van der Waals surface area contributed by atoms with Crippen LogP contribution in [0.4, 0.5) is 17.1 Å². The highest BCUT2D eigenvalue weighted by Gasteiger charge is 2.19. The summed E-state index contributed by atoms with van der Waals surface area (Å²) in [6, 6.07) is 75.0. The lowest BCUT2D eigenvalue weighted by molar-refractivity contribution is 0.632. The molecule has 0 aliphatic rings. The van der Waals surface area contributed by atoms with Crippen LogP contribution in [0.5, 0.6) is 0 Å². The maximum Gasteiger partial charge on any atom is 0.143 e. The molecule has 0 atom stereocenters. The summed E-state index contributed by atoms with van der Waals surface area (Å²) >= 11 is 0. The Kier molecular flexibility index (Phi) is 8.24. The molecule has 0 radical (unpaired) electrons. The van der Waals surface area contributed by atoms with Crippen LogP contribution in [0.1, 0.15) is 0 Å². The van der Waals surface area contributed by atoms with Crippen molar-refractivity contribution in [3.05, 3.63) is 212 Å². The van der Waals surface area contributed by atoms with E-state index in [4.69, 9.17) is 4.42 Å². The molecule has 0 unspecified atom stereocenters. The van der Waals surface area contributed by atoms with Crippen LogP contribution in [0.2, 0.25) is 0 Å². The van der Waals surface area contributed by atoms with Gasteiger partial charge in [-0.15, -0.1) is 0 Å². The van der Waals surface area contributed by atoms with Gasteiger partial charge in [-0.25, -0.2) is 0 Å². The number of rotatable bonds is 8. The summed E-state index contributed by atoms with van der Waals surface area (Å²) in [5, 5.41) is 1.12. The minimum Gasteiger partial charge on any atom is -0.455 e. The van der Waals surface area contributed by atoms with Crippen molar-refractivity contribution in [1.29, 1.82) is 0 Å². The Morgan fingerprint density at radius 1 is 0.327 bits per heavy atom. The molecule has 0 N–H and O–H groups in total. The zero-order valence-electron chi connectivity index (χ0n) is 28.6. The molecule has 246 valence electrons. The van der Waals surface area contributed by atoms with Gasteiger partial charge in [-0.2, -0.15) is 0 Å². The van der Waals surface area contributed by atoms with Gasteiger partial charge in [0.05, 0.1) is 5.69 Å². The lowest BCUT2D eigenvalue weighted by Gasteiger charge is -2.28. The molecule has 9 aromatic rings. The molecule has 0 bridgehead atoms. The van der Waals surface area contributed by atoms with Crippen molar-refractivity contribution in [1.82, 2.24) is 0 Å². The molecule has 0 fully saturated rings. The first-order valence-corrected chi connectivity index (χ1v) is 17.7. The summed E-state index contributed by atoms with van der Waals surface area (Å²) in [6.07, 6.45) is 0. The maximum atomic E-state index is 6.52. The quantitative estimate of drug-likeness (QED) is 0.161. The molecule has 0 aliphatic heterocycles. The van der Waals surface area contributed by atoms with Crippen LogP contribution in [0.25, 0.3) is 66.8 Å². The van der Waals surface area contributed by atoms with Crippen molar-refractivity contribution >= 4 is 28.0 Å². The molecule has 8 aromatic carbocycles. The molecule has 0 amide bonds. The van der Waals surface area contributed by atoms with Gasteiger partial charge in [-0.05, 0) is 75.8 Å². The minimum atomic E-state index is 0.891. The van der Waals surface area contributed by atoms with E-state index in [0.29, 0.717) is 0 Å². The predicted molar refractivity (Wildman–Crippen MR) is 218 cm³/mol. The fraction of sp³-hybridized carbons (Fsp3) is 0. The Bertz CT molecular complexity index is 2590. The third kappa shape index (κ3) is 5.97. The standard InChI is InChI=1S/C50H35NO/c1-4-15-39(16-5-1)45-23-10-12-25-47(45)51(43-21-8-3-9-22-43)44-33-31-37(32-34-44)36-27-29-38(30-28-36)41-19-14-20-42(35-41)50-49(40-17-6-2-7-18-40)46-24-11-13-26-48(46)52-50/h1-35H. The summed E-state index contributed by atoms with van der Waals surface area (Å²) in [5.74, 6) is 0.891. The SMILES string of the molecule is c1ccc(-c2ccccc2N(c2ccccc2)c2ccc(-c3ccc(-c4cccc(-c5oc6ccccc6c5-c5ccccc5)c4)cc3)cc2)cc1. The lowest BCUT2D eigenvalue weighted by Crippen LogP contribution is -2.11. The number of hydrogen-bond acceptors (Lipinski definition) is 2. The normalized spacial score (nSPS) is 11.1. The van der Waals surface area contributed by atoms with Crippen LogP contribution < -0.4 is 4.90 Å². The molecule has 0 saturated carbocycles. The maximum absolute atomic E-state index is 6.52. The average Bonchev–Trinajstić information content (AvgIpc) is 3.63. The van der Waals surface area contributed by atoms with Gasteiger partial charge in [0, 0.05) is 33.5 Å². The first kappa shape index (κ1) is 31.1. The zero-order valence-corrected chi connectivity index (χ0v) is 28.6. The van der Waals surface area contributed by atoms with Crippen LogP contribution >= 0.6 is 0 Å².